The van der Waals surface area contributed by atoms with Crippen LogP contribution in [0.15, 0.2) is 48.5 Å². The van der Waals surface area contributed by atoms with Crippen LogP contribution in [0, 0.1) is 6.92 Å². The van der Waals surface area contributed by atoms with Gasteiger partial charge in [-0.15, -0.1) is 0 Å². The predicted octanol–water partition coefficient (Wildman–Crippen LogP) is 4.02. The molecule has 0 saturated carbocycles. The summed E-state index contributed by atoms with van der Waals surface area (Å²) in [5, 5.41) is 10.7. The molecule has 0 aromatic heterocycles. The first-order chi connectivity index (χ1) is 9.74. The zero-order valence-electron chi connectivity index (χ0n) is 12.0. The number of aliphatic hydroxyl groups is 1. The Kier molecular flexibility index (Phi) is 3.88. The smallest absolute Gasteiger partial charge is 0.0649 e. The van der Waals surface area contributed by atoms with Crippen molar-refractivity contribution >= 4 is 0 Å². The first-order valence-corrected chi connectivity index (χ1v) is 7.55. The summed E-state index contributed by atoms with van der Waals surface area (Å²) in [6.07, 6.45) is 3.92. The number of hydrogen-bond acceptors (Lipinski definition) is 1. The van der Waals surface area contributed by atoms with Crippen molar-refractivity contribution < 1.29 is 5.11 Å². The summed E-state index contributed by atoms with van der Waals surface area (Å²) in [7, 11) is 0. The fourth-order valence-electron chi connectivity index (χ4n) is 3.41. The summed E-state index contributed by atoms with van der Waals surface area (Å²) in [6.45, 7) is 2.10. The van der Waals surface area contributed by atoms with Crippen molar-refractivity contribution in [3.05, 3.63) is 70.8 Å². The largest absolute Gasteiger partial charge is 0.392 e. The molecule has 1 N–H and O–H groups in total. The van der Waals surface area contributed by atoms with E-state index in [1.165, 1.54) is 28.7 Å². The van der Waals surface area contributed by atoms with Gasteiger partial charge < -0.3 is 5.11 Å². The van der Waals surface area contributed by atoms with Gasteiger partial charge in [0.15, 0.2) is 0 Å². The molecular weight excluding hydrogens is 244 g/mol. The van der Waals surface area contributed by atoms with Gasteiger partial charge in [-0.05, 0) is 49.3 Å². The Morgan fingerprint density at radius 3 is 2.85 bits per heavy atom. The molecule has 2 aromatic rings. The predicted molar refractivity (Wildman–Crippen MR) is 83.0 cm³/mol. The summed E-state index contributed by atoms with van der Waals surface area (Å²) < 4.78 is 0. The molecule has 0 radical (unpaired) electrons. The first kappa shape index (κ1) is 13.4. The van der Waals surface area contributed by atoms with E-state index in [9.17, 15) is 5.11 Å². The van der Waals surface area contributed by atoms with E-state index in [0.29, 0.717) is 5.92 Å². The van der Waals surface area contributed by atoms with Gasteiger partial charge >= 0.3 is 0 Å². The third kappa shape index (κ3) is 2.78. The number of aliphatic hydroxyl groups excluding tert-OH is 1. The molecule has 1 heteroatoms. The number of rotatable bonds is 3. The zero-order chi connectivity index (χ0) is 13.9. The van der Waals surface area contributed by atoms with Crippen molar-refractivity contribution in [3.63, 3.8) is 0 Å². The van der Waals surface area contributed by atoms with Crippen molar-refractivity contribution in [1.82, 2.24) is 0 Å². The number of benzene rings is 2. The summed E-state index contributed by atoms with van der Waals surface area (Å²) in [6, 6.07) is 17.1. The number of aryl methyl sites for hydroxylation is 2. The van der Waals surface area contributed by atoms with Gasteiger partial charge in [0.25, 0.3) is 0 Å². The van der Waals surface area contributed by atoms with Crippen LogP contribution in [0.3, 0.4) is 0 Å². The third-order valence-electron chi connectivity index (χ3n) is 4.41. The number of hydrogen-bond donors (Lipinski definition) is 1. The second-order valence-electron chi connectivity index (χ2n) is 5.96. The van der Waals surface area contributed by atoms with E-state index in [0.717, 1.165) is 19.3 Å². The molecule has 0 aliphatic heterocycles. The van der Waals surface area contributed by atoms with Gasteiger partial charge in [0, 0.05) is 5.92 Å². The molecule has 2 unspecified atom stereocenters. The summed E-state index contributed by atoms with van der Waals surface area (Å²) in [4.78, 5) is 0. The topological polar surface area (TPSA) is 20.2 Å². The van der Waals surface area contributed by atoms with Crippen molar-refractivity contribution in [2.45, 2.75) is 44.6 Å². The van der Waals surface area contributed by atoms with Crippen LogP contribution in [0.5, 0.6) is 0 Å². The van der Waals surface area contributed by atoms with Gasteiger partial charge in [0.05, 0.1) is 6.10 Å². The molecule has 0 amide bonds. The molecule has 0 bridgehead atoms. The Hall–Kier alpha value is -1.60. The summed E-state index contributed by atoms with van der Waals surface area (Å²) in [5.74, 6) is 0.292. The molecule has 2 aromatic carbocycles. The molecular formula is C19H22O. The highest BCUT2D eigenvalue weighted by Gasteiger charge is 2.26. The zero-order valence-corrected chi connectivity index (χ0v) is 12.0. The molecule has 0 fully saturated rings. The van der Waals surface area contributed by atoms with E-state index in [1.54, 1.807) is 0 Å². The first-order valence-electron chi connectivity index (χ1n) is 7.55. The molecule has 1 nitrogen and oxygen atoms in total. The van der Waals surface area contributed by atoms with Gasteiger partial charge in [-0.2, -0.15) is 0 Å². The van der Waals surface area contributed by atoms with Crippen molar-refractivity contribution in [3.8, 4) is 0 Å². The molecule has 20 heavy (non-hydrogen) atoms. The highest BCUT2D eigenvalue weighted by atomic mass is 16.3. The highest BCUT2D eigenvalue weighted by molar-refractivity contribution is 5.34. The van der Waals surface area contributed by atoms with Crippen molar-refractivity contribution in [2.75, 3.05) is 0 Å². The third-order valence-corrected chi connectivity index (χ3v) is 4.41. The van der Waals surface area contributed by atoms with Gasteiger partial charge in [0.2, 0.25) is 0 Å². The van der Waals surface area contributed by atoms with E-state index >= 15 is 0 Å². The van der Waals surface area contributed by atoms with Crippen LogP contribution >= 0.6 is 0 Å². The Morgan fingerprint density at radius 1 is 1.15 bits per heavy atom. The maximum atomic E-state index is 10.7. The lowest BCUT2D eigenvalue weighted by Gasteiger charge is -2.29. The van der Waals surface area contributed by atoms with Crippen LogP contribution in [0.1, 0.15) is 41.0 Å². The second-order valence-corrected chi connectivity index (χ2v) is 5.96. The lowest BCUT2D eigenvalue weighted by molar-refractivity contribution is 0.134. The van der Waals surface area contributed by atoms with Crippen LogP contribution in [0.25, 0.3) is 0 Å². The summed E-state index contributed by atoms with van der Waals surface area (Å²) >= 11 is 0. The Bertz CT molecular complexity index is 588. The van der Waals surface area contributed by atoms with E-state index in [-0.39, 0.29) is 6.10 Å². The molecule has 3 rings (SSSR count). The fraction of sp³-hybridized carbons (Fsp3) is 0.368. The van der Waals surface area contributed by atoms with Gasteiger partial charge in [-0.25, -0.2) is 0 Å². The second kappa shape index (κ2) is 5.80. The molecule has 2 atom stereocenters. The molecule has 104 valence electrons. The van der Waals surface area contributed by atoms with Gasteiger partial charge in [-0.3, -0.25) is 0 Å². The van der Waals surface area contributed by atoms with E-state index in [1.807, 2.05) is 0 Å². The van der Waals surface area contributed by atoms with Gasteiger partial charge in [-0.1, -0.05) is 54.1 Å². The SMILES string of the molecule is Cc1cccc(CC(O)C2CCCc3ccccc32)c1. The van der Waals surface area contributed by atoms with Crippen LogP contribution in [-0.4, -0.2) is 11.2 Å². The Balaban J connectivity index is 1.80. The lowest BCUT2D eigenvalue weighted by atomic mass is 9.78. The van der Waals surface area contributed by atoms with Crippen LogP contribution in [0.2, 0.25) is 0 Å². The standard InChI is InChI=1S/C19H22O/c1-14-6-4-7-15(12-14)13-19(20)18-11-5-9-16-8-2-3-10-17(16)18/h2-4,6-8,10,12,18-20H,5,9,11,13H2,1H3. The molecule has 0 saturated heterocycles. The maximum absolute atomic E-state index is 10.7. The monoisotopic (exact) mass is 266 g/mol. The Labute approximate surface area is 121 Å². The van der Waals surface area contributed by atoms with Crippen LogP contribution < -0.4 is 0 Å². The fourth-order valence-corrected chi connectivity index (χ4v) is 3.41. The minimum absolute atomic E-state index is 0.279. The van der Waals surface area contributed by atoms with E-state index in [2.05, 4.69) is 55.5 Å². The molecule has 0 spiro atoms. The Morgan fingerprint density at radius 2 is 2.00 bits per heavy atom. The average molecular weight is 266 g/mol. The maximum Gasteiger partial charge on any atom is 0.0649 e. The van der Waals surface area contributed by atoms with Crippen molar-refractivity contribution in [1.29, 1.82) is 0 Å². The van der Waals surface area contributed by atoms with Crippen LogP contribution in [0.4, 0.5) is 0 Å². The minimum atomic E-state index is -0.279. The van der Waals surface area contributed by atoms with E-state index < -0.39 is 0 Å². The minimum Gasteiger partial charge on any atom is -0.392 e. The lowest BCUT2D eigenvalue weighted by Crippen LogP contribution is -2.24. The molecule has 0 heterocycles. The van der Waals surface area contributed by atoms with Crippen molar-refractivity contribution in [2.24, 2.45) is 0 Å². The average Bonchev–Trinajstić information content (AvgIpc) is 2.46. The quantitative estimate of drug-likeness (QED) is 0.889. The summed E-state index contributed by atoms with van der Waals surface area (Å²) in [5.41, 5.74) is 5.28. The van der Waals surface area contributed by atoms with Crippen LogP contribution in [-0.2, 0) is 12.8 Å². The highest BCUT2D eigenvalue weighted by Crippen LogP contribution is 2.34. The van der Waals surface area contributed by atoms with E-state index in [4.69, 9.17) is 0 Å². The number of fused-ring (bicyclic) bond motifs is 1. The molecule has 1 aliphatic rings. The molecule has 1 aliphatic carbocycles. The normalized spacial score (nSPS) is 19.4. The van der Waals surface area contributed by atoms with Gasteiger partial charge in [0.1, 0.15) is 0 Å².